The Morgan fingerprint density at radius 2 is 2.00 bits per heavy atom. The van der Waals surface area contributed by atoms with Crippen LogP contribution in [0.5, 0.6) is 0 Å². The van der Waals surface area contributed by atoms with E-state index >= 15 is 0 Å². The van der Waals surface area contributed by atoms with Gasteiger partial charge < -0.3 is 5.11 Å². The Morgan fingerprint density at radius 1 is 1.60 bits per heavy atom. The van der Waals surface area contributed by atoms with Crippen molar-refractivity contribution in [2.24, 2.45) is 0 Å². The number of alkyl halides is 2. The molecule has 0 saturated carbocycles. The van der Waals surface area contributed by atoms with Gasteiger partial charge in [0.25, 0.3) is 0 Å². The molecule has 0 unspecified atom stereocenters. The highest BCUT2D eigenvalue weighted by Crippen LogP contribution is 1.82. The van der Waals surface area contributed by atoms with Gasteiger partial charge in [-0.2, -0.15) is 5.26 Å². The van der Waals surface area contributed by atoms with Crippen molar-refractivity contribution < 1.29 is 9.90 Å². The molecule has 5 heteroatoms. The monoisotopic (exact) mass is 183 g/mol. The van der Waals surface area contributed by atoms with Crippen molar-refractivity contribution in [2.45, 2.75) is 12.8 Å². The number of hydrogen-bond acceptors (Lipinski definition) is 2. The third kappa shape index (κ3) is 25.7. The fraction of sp³-hybridized carbons (Fsp3) is 0.600. The van der Waals surface area contributed by atoms with E-state index in [0.29, 0.717) is 0 Å². The lowest BCUT2D eigenvalue weighted by atomic mass is 10.3. The number of nitriles is 1. The van der Waals surface area contributed by atoms with Crippen LogP contribution in [0, 0.1) is 11.3 Å². The van der Waals surface area contributed by atoms with Crippen LogP contribution in [0.3, 0.4) is 0 Å². The van der Waals surface area contributed by atoms with Crippen LogP contribution in [-0.2, 0) is 4.79 Å². The lowest BCUT2D eigenvalue weighted by molar-refractivity contribution is -0.136. The molecular formula is C5H7Cl2NO2. The van der Waals surface area contributed by atoms with Gasteiger partial charge in [-0.3, -0.25) is 4.79 Å². The Morgan fingerprint density at radius 3 is 2.10 bits per heavy atom. The zero-order valence-electron chi connectivity index (χ0n) is 5.18. The molecule has 0 saturated heterocycles. The number of carboxylic acids is 1. The van der Waals surface area contributed by atoms with Crippen LogP contribution in [0.2, 0.25) is 0 Å². The standard InChI is InChI=1S/C4H5NO2.CH2Cl2/c5-3-1-2-4(6)7;2-1-3/h1-2H2,(H,6,7);1H2. The maximum absolute atomic E-state index is 9.61. The predicted octanol–water partition coefficient (Wildman–Crippen LogP) is 1.80. The van der Waals surface area contributed by atoms with Gasteiger partial charge in [0.15, 0.2) is 0 Å². The Hall–Kier alpha value is -0.460. The maximum Gasteiger partial charge on any atom is 0.304 e. The Kier molecular flexibility index (Phi) is 13.9. The Labute approximate surface area is 69.2 Å². The highest BCUT2D eigenvalue weighted by Gasteiger charge is 1.91. The highest BCUT2D eigenvalue weighted by molar-refractivity contribution is 6.40. The molecule has 3 nitrogen and oxygen atoms in total. The molecule has 0 aliphatic rings. The molecule has 0 atom stereocenters. The summed E-state index contributed by atoms with van der Waals surface area (Å²) < 4.78 is 0. The zero-order valence-corrected chi connectivity index (χ0v) is 6.69. The van der Waals surface area contributed by atoms with Crippen LogP contribution in [0.25, 0.3) is 0 Å². The highest BCUT2D eigenvalue weighted by atomic mass is 35.5. The summed E-state index contributed by atoms with van der Waals surface area (Å²) in [6.07, 6.45) is 0.0613. The smallest absolute Gasteiger partial charge is 0.304 e. The minimum Gasteiger partial charge on any atom is -0.481 e. The summed E-state index contributed by atoms with van der Waals surface area (Å²) in [6.45, 7) is 0. The van der Waals surface area contributed by atoms with Crippen molar-refractivity contribution in [3.05, 3.63) is 0 Å². The summed E-state index contributed by atoms with van der Waals surface area (Å²) in [5.41, 5.74) is 0. The molecule has 0 aliphatic carbocycles. The number of hydrogen-bond donors (Lipinski definition) is 1. The quantitative estimate of drug-likeness (QED) is 0.665. The number of carbonyl (C=O) groups is 1. The molecule has 0 radical (unpaired) electrons. The molecule has 0 aromatic carbocycles. The molecule has 0 aromatic heterocycles. The van der Waals surface area contributed by atoms with Crippen molar-refractivity contribution in [3.8, 4) is 6.07 Å². The fourth-order valence-electron chi connectivity index (χ4n) is 0.163. The molecule has 1 N–H and O–H groups in total. The fourth-order valence-corrected chi connectivity index (χ4v) is 0.163. The number of nitrogens with zero attached hydrogens (tertiary/aromatic N) is 1. The first kappa shape index (κ1) is 12.2. The second-order valence-corrected chi connectivity index (χ2v) is 1.96. The van der Waals surface area contributed by atoms with E-state index in [4.69, 9.17) is 33.6 Å². The lowest BCUT2D eigenvalue weighted by Gasteiger charge is -1.78. The average molecular weight is 184 g/mol. The van der Waals surface area contributed by atoms with Crippen LogP contribution >= 0.6 is 23.2 Å². The van der Waals surface area contributed by atoms with E-state index in [1.165, 1.54) is 0 Å². The van der Waals surface area contributed by atoms with Gasteiger partial charge in [0.1, 0.15) is 0 Å². The van der Waals surface area contributed by atoms with E-state index in [9.17, 15) is 4.79 Å². The summed E-state index contributed by atoms with van der Waals surface area (Å²) in [5, 5.41) is 15.9. The number of carboxylic acid groups (broad SMARTS) is 1. The summed E-state index contributed by atoms with van der Waals surface area (Å²) in [6, 6.07) is 1.72. The number of aliphatic carboxylic acids is 1. The predicted molar refractivity (Wildman–Crippen MR) is 39.1 cm³/mol. The van der Waals surface area contributed by atoms with E-state index in [1.807, 2.05) is 0 Å². The van der Waals surface area contributed by atoms with Gasteiger partial charge in [0.2, 0.25) is 0 Å². The van der Waals surface area contributed by atoms with E-state index in [-0.39, 0.29) is 18.2 Å². The van der Waals surface area contributed by atoms with Crippen molar-refractivity contribution in [1.82, 2.24) is 0 Å². The molecule has 0 bridgehead atoms. The van der Waals surface area contributed by atoms with Gasteiger partial charge in [-0.25, -0.2) is 0 Å². The molecule has 0 spiro atoms. The third-order valence-corrected chi connectivity index (χ3v) is 0.451. The molecule has 0 aromatic rings. The van der Waals surface area contributed by atoms with E-state index in [0.717, 1.165) is 0 Å². The van der Waals surface area contributed by atoms with Gasteiger partial charge in [-0.1, -0.05) is 0 Å². The van der Waals surface area contributed by atoms with Crippen LogP contribution in [-0.4, -0.2) is 16.4 Å². The first-order valence-corrected chi connectivity index (χ1v) is 3.46. The summed E-state index contributed by atoms with van der Waals surface area (Å²) in [5.74, 6) is -0.915. The summed E-state index contributed by atoms with van der Waals surface area (Å²) in [7, 11) is 0. The molecule has 0 amide bonds. The second kappa shape index (κ2) is 11.4. The minimum absolute atomic E-state index is 0.0451. The van der Waals surface area contributed by atoms with E-state index < -0.39 is 5.97 Å². The Bertz CT molecular complexity index is 121. The lowest BCUT2D eigenvalue weighted by Crippen LogP contribution is -1.91. The summed E-state index contributed by atoms with van der Waals surface area (Å²) >= 11 is 9.53. The van der Waals surface area contributed by atoms with Crippen molar-refractivity contribution in [2.75, 3.05) is 5.34 Å². The van der Waals surface area contributed by atoms with Crippen LogP contribution in [0.1, 0.15) is 12.8 Å². The second-order valence-electron chi connectivity index (χ2n) is 1.15. The number of rotatable bonds is 2. The maximum atomic E-state index is 9.61. The van der Waals surface area contributed by atoms with Gasteiger partial charge in [0, 0.05) is 6.42 Å². The average Bonchev–Trinajstić information content (AvgIpc) is 1.85. The molecular weight excluding hydrogens is 177 g/mol. The van der Waals surface area contributed by atoms with Crippen LogP contribution < -0.4 is 0 Å². The van der Waals surface area contributed by atoms with Gasteiger partial charge >= 0.3 is 5.97 Å². The van der Waals surface area contributed by atoms with E-state index in [1.54, 1.807) is 6.07 Å². The molecule has 0 heterocycles. The first-order valence-electron chi connectivity index (χ1n) is 2.39. The SMILES string of the molecule is ClCCl.N#CCCC(=O)O. The molecule has 0 rings (SSSR count). The van der Waals surface area contributed by atoms with Crippen molar-refractivity contribution in [1.29, 1.82) is 5.26 Å². The largest absolute Gasteiger partial charge is 0.481 e. The van der Waals surface area contributed by atoms with Crippen LogP contribution in [0.15, 0.2) is 0 Å². The topological polar surface area (TPSA) is 61.1 Å². The third-order valence-electron chi connectivity index (χ3n) is 0.451. The van der Waals surface area contributed by atoms with Crippen molar-refractivity contribution >= 4 is 29.2 Å². The van der Waals surface area contributed by atoms with Crippen LogP contribution in [0.4, 0.5) is 0 Å². The molecule has 10 heavy (non-hydrogen) atoms. The number of halogens is 2. The van der Waals surface area contributed by atoms with Gasteiger partial charge in [0.05, 0.1) is 17.8 Å². The zero-order chi connectivity index (χ0) is 8.41. The van der Waals surface area contributed by atoms with Gasteiger partial charge in [-0.15, -0.1) is 23.2 Å². The normalized spacial score (nSPS) is 6.90. The summed E-state index contributed by atoms with van der Waals surface area (Å²) in [4.78, 5) is 9.61. The molecule has 0 aliphatic heterocycles. The van der Waals surface area contributed by atoms with Crippen molar-refractivity contribution in [3.63, 3.8) is 0 Å². The van der Waals surface area contributed by atoms with E-state index in [2.05, 4.69) is 0 Å². The molecule has 58 valence electrons. The van der Waals surface area contributed by atoms with Gasteiger partial charge in [-0.05, 0) is 0 Å². The Balaban J connectivity index is 0. The first-order chi connectivity index (χ1) is 4.68. The minimum atomic E-state index is -0.915. The molecule has 0 fully saturated rings.